The number of thiazole rings is 1. The van der Waals surface area contributed by atoms with Gasteiger partial charge in [0.05, 0.1) is 23.4 Å². The Bertz CT molecular complexity index is 1140. The van der Waals surface area contributed by atoms with Crippen molar-refractivity contribution in [2.24, 2.45) is 0 Å². The molecule has 2 aromatic heterocycles. The first-order valence-corrected chi connectivity index (χ1v) is 9.74. The molecule has 2 aromatic carbocycles. The van der Waals surface area contributed by atoms with E-state index in [0.29, 0.717) is 22.0 Å². The lowest BCUT2D eigenvalue weighted by Crippen LogP contribution is -2.00. The second kappa shape index (κ2) is 8.42. The summed E-state index contributed by atoms with van der Waals surface area (Å²) in [5.74, 6) is -0.0178. The van der Waals surface area contributed by atoms with E-state index < -0.39 is 0 Å². The van der Waals surface area contributed by atoms with Gasteiger partial charge in [-0.05, 0) is 24.3 Å². The monoisotopic (exact) mass is 427 g/mol. The second-order valence-corrected chi connectivity index (χ2v) is 7.13. The molecule has 0 N–H and O–H groups in total. The Kier molecular flexibility index (Phi) is 5.55. The van der Waals surface area contributed by atoms with Crippen LogP contribution in [-0.4, -0.2) is 28.2 Å². The third kappa shape index (κ3) is 4.28. The van der Waals surface area contributed by atoms with Crippen molar-refractivity contribution in [2.75, 3.05) is 7.11 Å². The van der Waals surface area contributed by atoms with Gasteiger partial charge in [0.25, 0.3) is 0 Å². The van der Waals surface area contributed by atoms with Gasteiger partial charge in [0.15, 0.2) is 0 Å². The molecule has 0 unspecified atom stereocenters. The summed E-state index contributed by atoms with van der Waals surface area (Å²) in [4.78, 5) is 20.3. The van der Waals surface area contributed by atoms with Crippen LogP contribution in [0.1, 0.15) is 16.1 Å². The summed E-state index contributed by atoms with van der Waals surface area (Å²) in [5.41, 5.74) is 2.77. The normalized spacial score (nSPS) is 10.7. The minimum Gasteiger partial charge on any atom is -0.465 e. The third-order valence-corrected chi connectivity index (χ3v) is 5.24. The van der Waals surface area contributed by atoms with Crippen molar-refractivity contribution in [1.29, 1.82) is 0 Å². The standard InChI is InChI=1S/C20H14ClN3O4S/c1-26-19(25)13-8-6-12(7-9-13)18-22-14(11-29-18)10-27-20-23-17(24-28-20)15-4-2-3-5-16(15)21/h2-9,11H,10H2,1H3. The fraction of sp³-hybridized carbons (Fsp3) is 0.100. The van der Waals surface area contributed by atoms with E-state index in [1.165, 1.54) is 18.4 Å². The van der Waals surface area contributed by atoms with E-state index in [4.69, 9.17) is 25.6 Å². The molecule has 0 aliphatic rings. The average Bonchev–Trinajstić information content (AvgIpc) is 3.42. The molecule has 0 amide bonds. The van der Waals surface area contributed by atoms with Crippen molar-refractivity contribution in [3.8, 4) is 28.0 Å². The van der Waals surface area contributed by atoms with Crippen molar-refractivity contribution in [3.63, 3.8) is 0 Å². The first kappa shape index (κ1) is 19.1. The lowest BCUT2D eigenvalue weighted by molar-refractivity contribution is 0.0600. The smallest absolute Gasteiger partial charge is 0.418 e. The van der Waals surface area contributed by atoms with Crippen LogP contribution in [0.4, 0.5) is 0 Å². The maximum Gasteiger partial charge on any atom is 0.418 e. The van der Waals surface area contributed by atoms with E-state index >= 15 is 0 Å². The number of rotatable bonds is 6. The van der Waals surface area contributed by atoms with Crippen LogP contribution in [0.2, 0.25) is 5.02 Å². The van der Waals surface area contributed by atoms with Crippen LogP contribution in [0.3, 0.4) is 0 Å². The Morgan fingerprint density at radius 1 is 1.14 bits per heavy atom. The Hall–Kier alpha value is -3.23. The highest BCUT2D eigenvalue weighted by atomic mass is 35.5. The van der Waals surface area contributed by atoms with Gasteiger partial charge < -0.3 is 9.47 Å². The van der Waals surface area contributed by atoms with Gasteiger partial charge in [-0.3, -0.25) is 4.52 Å². The van der Waals surface area contributed by atoms with Gasteiger partial charge in [0.1, 0.15) is 11.6 Å². The van der Waals surface area contributed by atoms with Crippen LogP contribution < -0.4 is 4.74 Å². The van der Waals surface area contributed by atoms with Crippen molar-refractivity contribution in [2.45, 2.75) is 6.61 Å². The van der Waals surface area contributed by atoms with Gasteiger partial charge in [0.2, 0.25) is 5.82 Å². The molecule has 0 saturated carbocycles. The third-order valence-electron chi connectivity index (χ3n) is 3.97. The van der Waals surface area contributed by atoms with Crippen LogP contribution in [0.5, 0.6) is 6.08 Å². The predicted molar refractivity (Wildman–Crippen MR) is 108 cm³/mol. The molecule has 4 rings (SSSR count). The molecule has 0 aliphatic heterocycles. The number of ether oxygens (including phenoxy) is 2. The van der Waals surface area contributed by atoms with Crippen LogP contribution >= 0.6 is 22.9 Å². The molecule has 0 radical (unpaired) electrons. The van der Waals surface area contributed by atoms with E-state index in [1.807, 2.05) is 29.6 Å². The SMILES string of the molecule is COC(=O)c1ccc(-c2nc(COc3nc(-c4ccccc4Cl)no3)cs2)cc1. The summed E-state index contributed by atoms with van der Waals surface area (Å²) in [5, 5.41) is 7.11. The van der Waals surface area contributed by atoms with Crippen LogP contribution in [0.25, 0.3) is 22.0 Å². The van der Waals surface area contributed by atoms with Crippen LogP contribution in [-0.2, 0) is 11.3 Å². The van der Waals surface area contributed by atoms with Gasteiger partial charge in [-0.15, -0.1) is 11.3 Å². The average molecular weight is 428 g/mol. The first-order valence-electron chi connectivity index (χ1n) is 8.48. The zero-order valence-corrected chi connectivity index (χ0v) is 16.7. The van der Waals surface area contributed by atoms with E-state index in [2.05, 4.69) is 15.1 Å². The molecular weight excluding hydrogens is 414 g/mol. The lowest BCUT2D eigenvalue weighted by Gasteiger charge is -2.00. The Morgan fingerprint density at radius 2 is 1.93 bits per heavy atom. The summed E-state index contributed by atoms with van der Waals surface area (Å²) >= 11 is 7.61. The maximum atomic E-state index is 11.5. The molecule has 9 heteroatoms. The first-order chi connectivity index (χ1) is 14.1. The molecule has 4 aromatic rings. The van der Waals surface area contributed by atoms with Crippen molar-refractivity contribution < 1.29 is 18.8 Å². The Labute approximate surface area is 174 Å². The van der Waals surface area contributed by atoms with Crippen molar-refractivity contribution >= 4 is 28.9 Å². The number of aromatic nitrogens is 3. The fourth-order valence-electron chi connectivity index (χ4n) is 2.53. The molecule has 0 aliphatic carbocycles. The largest absolute Gasteiger partial charge is 0.465 e. The minimum absolute atomic E-state index is 0.0388. The van der Waals surface area contributed by atoms with Gasteiger partial charge in [-0.25, -0.2) is 9.78 Å². The number of esters is 1. The molecule has 0 atom stereocenters. The molecule has 0 fully saturated rings. The van der Waals surface area contributed by atoms with Crippen LogP contribution in [0.15, 0.2) is 58.4 Å². The number of hydrogen-bond donors (Lipinski definition) is 0. The number of hydrogen-bond acceptors (Lipinski definition) is 8. The lowest BCUT2D eigenvalue weighted by atomic mass is 10.1. The molecule has 0 bridgehead atoms. The number of halogens is 1. The number of carbonyl (C=O) groups excluding carboxylic acids is 1. The summed E-state index contributed by atoms with van der Waals surface area (Å²) in [6, 6.07) is 14.3. The molecule has 0 spiro atoms. The van der Waals surface area contributed by atoms with E-state index in [-0.39, 0.29) is 18.7 Å². The predicted octanol–water partition coefficient (Wildman–Crippen LogP) is 4.88. The van der Waals surface area contributed by atoms with Gasteiger partial charge in [0, 0.05) is 16.5 Å². The van der Waals surface area contributed by atoms with Crippen molar-refractivity contribution in [3.05, 3.63) is 70.2 Å². The number of methoxy groups -OCH3 is 1. The Balaban J connectivity index is 1.41. The van der Waals surface area contributed by atoms with Gasteiger partial charge >= 0.3 is 12.0 Å². The molecule has 7 nitrogen and oxygen atoms in total. The zero-order chi connectivity index (χ0) is 20.2. The summed E-state index contributed by atoms with van der Waals surface area (Å²) < 4.78 is 15.4. The maximum absolute atomic E-state index is 11.5. The summed E-state index contributed by atoms with van der Waals surface area (Å²) in [6.07, 6.45) is 0.0388. The van der Waals surface area contributed by atoms with E-state index in [0.717, 1.165) is 16.3 Å². The molecule has 146 valence electrons. The topological polar surface area (TPSA) is 87.3 Å². The van der Waals surface area contributed by atoms with Crippen molar-refractivity contribution in [1.82, 2.24) is 15.1 Å². The fourth-order valence-corrected chi connectivity index (χ4v) is 3.56. The minimum atomic E-state index is -0.375. The highest BCUT2D eigenvalue weighted by Crippen LogP contribution is 2.27. The quantitative estimate of drug-likeness (QED) is 0.405. The molecular formula is C20H14ClN3O4S. The second-order valence-electron chi connectivity index (χ2n) is 5.87. The molecule has 0 saturated heterocycles. The number of nitrogens with zero attached hydrogens (tertiary/aromatic N) is 3. The zero-order valence-electron chi connectivity index (χ0n) is 15.2. The summed E-state index contributed by atoms with van der Waals surface area (Å²) in [6.45, 7) is 0.181. The van der Waals surface area contributed by atoms with E-state index in [9.17, 15) is 4.79 Å². The van der Waals surface area contributed by atoms with Gasteiger partial charge in [-0.2, -0.15) is 4.98 Å². The molecule has 2 heterocycles. The van der Waals surface area contributed by atoms with Gasteiger partial charge in [-0.1, -0.05) is 41.0 Å². The highest BCUT2D eigenvalue weighted by molar-refractivity contribution is 7.13. The highest BCUT2D eigenvalue weighted by Gasteiger charge is 2.13. The van der Waals surface area contributed by atoms with Crippen LogP contribution in [0, 0.1) is 0 Å². The number of benzene rings is 2. The summed E-state index contributed by atoms with van der Waals surface area (Å²) in [7, 11) is 1.35. The van der Waals surface area contributed by atoms with E-state index in [1.54, 1.807) is 24.3 Å². The number of carbonyl (C=O) groups is 1. The Morgan fingerprint density at radius 3 is 2.69 bits per heavy atom. The molecule has 29 heavy (non-hydrogen) atoms.